The third-order valence-corrected chi connectivity index (χ3v) is 4.04. The number of rotatable bonds is 5. The molecule has 1 aliphatic heterocycles. The summed E-state index contributed by atoms with van der Waals surface area (Å²) >= 11 is 0. The lowest BCUT2D eigenvalue weighted by atomic mass is 10.1. The molecule has 0 saturated heterocycles. The van der Waals surface area contributed by atoms with Crippen LogP contribution in [0.15, 0.2) is 42.5 Å². The van der Waals surface area contributed by atoms with Gasteiger partial charge in [0.15, 0.2) is 6.10 Å². The predicted molar refractivity (Wildman–Crippen MR) is 93.9 cm³/mol. The van der Waals surface area contributed by atoms with Crippen molar-refractivity contribution in [1.29, 1.82) is 0 Å². The van der Waals surface area contributed by atoms with Gasteiger partial charge in [-0.1, -0.05) is 19.1 Å². The summed E-state index contributed by atoms with van der Waals surface area (Å²) in [7, 11) is 0. The molecule has 0 saturated carbocycles. The SMILES string of the molecule is CCC1Oc2ccc(C=O)cc2N(CC(=O)Nc2ccccc2F)C1=O. The quantitative estimate of drug-likeness (QED) is 0.836. The summed E-state index contributed by atoms with van der Waals surface area (Å²) in [4.78, 5) is 37.3. The van der Waals surface area contributed by atoms with Gasteiger partial charge in [-0.15, -0.1) is 0 Å². The standard InChI is InChI=1S/C19H17FN2O4/c1-2-16-19(25)22(15-9-12(11-23)7-8-17(15)26-16)10-18(24)21-14-6-4-3-5-13(14)20/h3-9,11,16H,2,10H2,1H3,(H,21,24). The van der Waals surface area contributed by atoms with Crippen LogP contribution in [0.3, 0.4) is 0 Å². The third-order valence-electron chi connectivity index (χ3n) is 4.04. The summed E-state index contributed by atoms with van der Waals surface area (Å²) in [5.74, 6) is -1.08. The molecule has 7 heteroatoms. The molecule has 0 aliphatic carbocycles. The van der Waals surface area contributed by atoms with E-state index in [1.807, 2.05) is 0 Å². The summed E-state index contributed by atoms with van der Waals surface area (Å²) in [6.45, 7) is 1.48. The van der Waals surface area contributed by atoms with Crippen molar-refractivity contribution in [2.75, 3.05) is 16.8 Å². The minimum absolute atomic E-state index is 0.0344. The first kappa shape index (κ1) is 17.6. The minimum atomic E-state index is -0.717. The molecule has 3 rings (SSSR count). The third kappa shape index (κ3) is 3.42. The van der Waals surface area contributed by atoms with E-state index in [4.69, 9.17) is 4.74 Å². The van der Waals surface area contributed by atoms with Gasteiger partial charge < -0.3 is 10.1 Å². The van der Waals surface area contributed by atoms with Crippen LogP contribution in [0.1, 0.15) is 23.7 Å². The largest absolute Gasteiger partial charge is 0.478 e. The Balaban J connectivity index is 1.87. The maximum Gasteiger partial charge on any atom is 0.268 e. The van der Waals surface area contributed by atoms with Gasteiger partial charge in [0.25, 0.3) is 5.91 Å². The van der Waals surface area contributed by atoms with Gasteiger partial charge in [0, 0.05) is 5.56 Å². The van der Waals surface area contributed by atoms with Crippen molar-refractivity contribution in [2.24, 2.45) is 0 Å². The normalized spacial score (nSPS) is 15.8. The molecule has 134 valence electrons. The molecular formula is C19H17FN2O4. The second kappa shape index (κ2) is 7.35. The van der Waals surface area contributed by atoms with Crippen LogP contribution < -0.4 is 15.0 Å². The topological polar surface area (TPSA) is 75.7 Å². The van der Waals surface area contributed by atoms with Crippen LogP contribution in [-0.2, 0) is 9.59 Å². The Kier molecular flexibility index (Phi) is 4.97. The lowest BCUT2D eigenvalue weighted by molar-refractivity contribution is -0.128. The maximum atomic E-state index is 13.7. The van der Waals surface area contributed by atoms with E-state index >= 15 is 0 Å². The van der Waals surface area contributed by atoms with Crippen LogP contribution in [0.4, 0.5) is 15.8 Å². The van der Waals surface area contributed by atoms with Crippen molar-refractivity contribution in [1.82, 2.24) is 0 Å². The number of aldehydes is 1. The molecule has 1 aliphatic rings. The number of amides is 2. The zero-order valence-corrected chi connectivity index (χ0v) is 14.1. The second-order valence-electron chi connectivity index (χ2n) is 5.81. The lowest BCUT2D eigenvalue weighted by Gasteiger charge is -2.33. The lowest BCUT2D eigenvalue weighted by Crippen LogP contribution is -2.48. The molecular weight excluding hydrogens is 339 g/mol. The Morgan fingerprint density at radius 1 is 1.31 bits per heavy atom. The fourth-order valence-corrected chi connectivity index (χ4v) is 2.73. The van der Waals surface area contributed by atoms with Crippen LogP contribution in [-0.4, -0.2) is 30.7 Å². The van der Waals surface area contributed by atoms with Gasteiger partial charge in [0.1, 0.15) is 24.4 Å². The number of hydrogen-bond donors (Lipinski definition) is 1. The van der Waals surface area contributed by atoms with Crippen molar-refractivity contribution < 1.29 is 23.5 Å². The molecule has 0 radical (unpaired) electrons. The number of hydrogen-bond acceptors (Lipinski definition) is 4. The first-order valence-corrected chi connectivity index (χ1v) is 8.15. The van der Waals surface area contributed by atoms with Gasteiger partial charge in [0.05, 0.1) is 11.4 Å². The highest BCUT2D eigenvalue weighted by Gasteiger charge is 2.34. The van der Waals surface area contributed by atoms with Gasteiger partial charge in [-0.2, -0.15) is 0 Å². The molecule has 2 aromatic carbocycles. The molecule has 2 aromatic rings. The summed E-state index contributed by atoms with van der Waals surface area (Å²) < 4.78 is 19.3. The van der Waals surface area contributed by atoms with Crippen LogP contribution in [0.25, 0.3) is 0 Å². The maximum absolute atomic E-state index is 13.7. The van der Waals surface area contributed by atoms with Crippen LogP contribution >= 0.6 is 0 Å². The van der Waals surface area contributed by atoms with Gasteiger partial charge in [-0.25, -0.2) is 4.39 Å². The Morgan fingerprint density at radius 2 is 2.08 bits per heavy atom. The second-order valence-corrected chi connectivity index (χ2v) is 5.81. The van der Waals surface area contributed by atoms with Gasteiger partial charge in [-0.3, -0.25) is 19.3 Å². The molecule has 2 amide bonds. The average Bonchev–Trinajstić information content (AvgIpc) is 2.65. The predicted octanol–water partition coefficient (Wildman–Crippen LogP) is 2.78. The number of para-hydroxylation sites is 1. The van der Waals surface area contributed by atoms with E-state index in [0.29, 0.717) is 29.7 Å². The molecule has 1 unspecified atom stereocenters. The van der Waals surface area contributed by atoms with Crippen LogP contribution in [0.2, 0.25) is 0 Å². The molecule has 6 nitrogen and oxygen atoms in total. The number of benzene rings is 2. The highest BCUT2D eigenvalue weighted by atomic mass is 19.1. The molecule has 0 fully saturated rings. The van der Waals surface area contributed by atoms with Crippen LogP contribution in [0, 0.1) is 5.82 Å². The van der Waals surface area contributed by atoms with E-state index in [0.717, 1.165) is 0 Å². The highest BCUT2D eigenvalue weighted by Crippen LogP contribution is 2.35. The highest BCUT2D eigenvalue weighted by molar-refractivity contribution is 6.06. The van der Waals surface area contributed by atoms with E-state index in [-0.39, 0.29) is 18.1 Å². The summed E-state index contributed by atoms with van der Waals surface area (Å²) in [6, 6.07) is 10.4. The Hall–Kier alpha value is -3.22. The minimum Gasteiger partial charge on any atom is -0.478 e. The summed E-state index contributed by atoms with van der Waals surface area (Å²) in [5, 5.41) is 2.45. The Morgan fingerprint density at radius 3 is 2.77 bits per heavy atom. The summed E-state index contributed by atoms with van der Waals surface area (Å²) in [5.41, 5.74) is 0.731. The van der Waals surface area contributed by atoms with Gasteiger partial charge in [0.2, 0.25) is 5.91 Å². The van der Waals surface area contributed by atoms with E-state index in [1.54, 1.807) is 25.1 Å². The Labute approximate surface area is 149 Å². The van der Waals surface area contributed by atoms with E-state index < -0.39 is 17.8 Å². The van der Waals surface area contributed by atoms with E-state index in [9.17, 15) is 18.8 Å². The molecule has 1 heterocycles. The van der Waals surface area contributed by atoms with Crippen molar-refractivity contribution in [3.05, 3.63) is 53.8 Å². The average molecular weight is 356 g/mol. The fraction of sp³-hybridized carbons (Fsp3) is 0.211. The number of halogens is 1. The first-order valence-electron chi connectivity index (χ1n) is 8.15. The smallest absolute Gasteiger partial charge is 0.268 e. The van der Waals surface area contributed by atoms with Gasteiger partial charge >= 0.3 is 0 Å². The number of carbonyl (C=O) groups excluding carboxylic acids is 3. The number of fused-ring (bicyclic) bond motifs is 1. The molecule has 0 bridgehead atoms. The molecule has 0 spiro atoms. The van der Waals surface area contributed by atoms with Crippen molar-refractivity contribution in [3.63, 3.8) is 0 Å². The molecule has 0 aromatic heterocycles. The molecule has 26 heavy (non-hydrogen) atoms. The van der Waals surface area contributed by atoms with Crippen molar-refractivity contribution in [2.45, 2.75) is 19.4 Å². The number of nitrogens with one attached hydrogen (secondary N) is 1. The first-order chi connectivity index (χ1) is 12.5. The summed E-state index contributed by atoms with van der Waals surface area (Å²) in [6.07, 6.45) is 0.360. The van der Waals surface area contributed by atoms with E-state index in [2.05, 4.69) is 5.32 Å². The zero-order chi connectivity index (χ0) is 18.7. The van der Waals surface area contributed by atoms with Gasteiger partial charge in [-0.05, 0) is 36.8 Å². The van der Waals surface area contributed by atoms with E-state index in [1.165, 1.54) is 29.2 Å². The molecule has 1 N–H and O–H groups in total. The van der Waals surface area contributed by atoms with Crippen molar-refractivity contribution in [3.8, 4) is 5.75 Å². The number of ether oxygens (including phenoxy) is 1. The van der Waals surface area contributed by atoms with Crippen LogP contribution in [0.5, 0.6) is 5.75 Å². The molecule has 1 atom stereocenters. The fourth-order valence-electron chi connectivity index (χ4n) is 2.73. The Bertz CT molecular complexity index is 868. The number of nitrogens with zero attached hydrogens (tertiary/aromatic N) is 1. The number of anilines is 2. The number of carbonyl (C=O) groups is 3. The monoisotopic (exact) mass is 356 g/mol. The zero-order valence-electron chi connectivity index (χ0n) is 14.1. The van der Waals surface area contributed by atoms with Crippen molar-refractivity contribution >= 4 is 29.5 Å².